The van der Waals surface area contributed by atoms with Crippen LogP contribution in [-0.4, -0.2) is 32.2 Å². The fourth-order valence-electron chi connectivity index (χ4n) is 1.69. The molecular weight excluding hydrogens is 260 g/mol. The van der Waals surface area contributed by atoms with E-state index in [1.54, 1.807) is 18.2 Å². The second-order valence-corrected chi connectivity index (χ2v) is 3.94. The van der Waals surface area contributed by atoms with Crippen LogP contribution in [0.25, 0.3) is 6.08 Å². The van der Waals surface area contributed by atoms with E-state index < -0.39 is 0 Å². The van der Waals surface area contributed by atoms with E-state index in [-0.39, 0.29) is 11.5 Å². The number of methoxy groups -OCH3 is 3. The van der Waals surface area contributed by atoms with Gasteiger partial charge in [0, 0.05) is 11.6 Å². The van der Waals surface area contributed by atoms with Gasteiger partial charge in [-0.2, -0.15) is 0 Å². The van der Waals surface area contributed by atoms with E-state index in [1.165, 1.54) is 34.3 Å². The molecule has 1 aromatic carbocycles. The van der Waals surface area contributed by atoms with Crippen LogP contribution in [0.15, 0.2) is 30.0 Å². The molecule has 1 aromatic rings. The van der Waals surface area contributed by atoms with Crippen LogP contribution in [0.4, 0.5) is 0 Å². The van der Waals surface area contributed by atoms with Gasteiger partial charge in [-0.3, -0.25) is 4.79 Å². The van der Waals surface area contributed by atoms with E-state index in [0.717, 1.165) is 6.08 Å². The Morgan fingerprint density at radius 2 is 1.75 bits per heavy atom. The van der Waals surface area contributed by atoms with Crippen molar-refractivity contribution in [3.05, 3.63) is 35.6 Å². The second kappa shape index (κ2) is 7.23. The smallest absolute Gasteiger partial charge is 0.203 e. The van der Waals surface area contributed by atoms with Gasteiger partial charge in [0.25, 0.3) is 0 Å². The predicted molar refractivity (Wildman–Crippen MR) is 76.5 cm³/mol. The van der Waals surface area contributed by atoms with Gasteiger partial charge >= 0.3 is 0 Å². The quantitative estimate of drug-likeness (QED) is 0.492. The zero-order chi connectivity index (χ0) is 15.1. The number of hydrogen-bond donors (Lipinski definition) is 1. The third-order valence-corrected chi connectivity index (χ3v) is 2.52. The molecule has 0 bridgehead atoms. The van der Waals surface area contributed by atoms with Crippen LogP contribution >= 0.6 is 0 Å². The average molecular weight is 278 g/mol. The van der Waals surface area contributed by atoms with Crippen LogP contribution in [0.3, 0.4) is 0 Å². The van der Waals surface area contributed by atoms with E-state index in [2.05, 4.69) is 0 Å². The van der Waals surface area contributed by atoms with Gasteiger partial charge in [-0.05, 0) is 31.2 Å². The molecule has 5 heteroatoms. The van der Waals surface area contributed by atoms with Gasteiger partial charge in [0.1, 0.15) is 5.76 Å². The summed E-state index contributed by atoms with van der Waals surface area (Å²) in [7, 11) is 4.56. The second-order valence-electron chi connectivity index (χ2n) is 3.94. The van der Waals surface area contributed by atoms with E-state index in [0.29, 0.717) is 22.8 Å². The van der Waals surface area contributed by atoms with Crippen LogP contribution in [0.1, 0.15) is 12.5 Å². The number of aliphatic hydroxyl groups is 1. The first-order valence-electron chi connectivity index (χ1n) is 5.91. The lowest BCUT2D eigenvalue weighted by molar-refractivity contribution is -0.112. The van der Waals surface area contributed by atoms with Gasteiger partial charge in [0.05, 0.1) is 21.3 Å². The number of ketones is 1. The fraction of sp³-hybridized carbons (Fsp3) is 0.267. The molecule has 0 radical (unpaired) electrons. The van der Waals surface area contributed by atoms with E-state index in [1.807, 2.05) is 0 Å². The predicted octanol–water partition coefficient (Wildman–Crippen LogP) is 2.76. The molecule has 0 saturated heterocycles. The summed E-state index contributed by atoms with van der Waals surface area (Å²) in [5, 5.41) is 9.53. The molecule has 0 heterocycles. The first-order chi connectivity index (χ1) is 9.53. The topological polar surface area (TPSA) is 65.0 Å². The van der Waals surface area contributed by atoms with Crippen molar-refractivity contribution in [2.75, 3.05) is 21.3 Å². The molecule has 0 atom stereocenters. The molecule has 0 aliphatic carbocycles. The number of benzene rings is 1. The Morgan fingerprint density at radius 3 is 2.25 bits per heavy atom. The zero-order valence-electron chi connectivity index (χ0n) is 12.0. The molecular formula is C15H18O5. The van der Waals surface area contributed by atoms with E-state index >= 15 is 0 Å². The van der Waals surface area contributed by atoms with Crippen molar-refractivity contribution < 1.29 is 24.1 Å². The zero-order valence-corrected chi connectivity index (χ0v) is 12.0. The van der Waals surface area contributed by atoms with Crippen LogP contribution in [0.2, 0.25) is 0 Å². The monoisotopic (exact) mass is 278 g/mol. The van der Waals surface area contributed by atoms with Gasteiger partial charge in [-0.15, -0.1) is 0 Å². The fourth-order valence-corrected chi connectivity index (χ4v) is 1.69. The third-order valence-electron chi connectivity index (χ3n) is 2.52. The molecule has 5 nitrogen and oxygen atoms in total. The SMILES string of the molecule is COc1ccc(/C=C/C(O)=C/C(C)=O)c(OC)c1OC. The molecule has 0 fully saturated rings. The highest BCUT2D eigenvalue weighted by atomic mass is 16.5. The Labute approximate surface area is 118 Å². The number of aliphatic hydroxyl groups excluding tert-OH is 1. The Bertz CT molecular complexity index is 543. The number of carbonyl (C=O) groups is 1. The third kappa shape index (κ3) is 3.78. The van der Waals surface area contributed by atoms with Gasteiger partial charge in [-0.1, -0.05) is 0 Å². The van der Waals surface area contributed by atoms with Crippen molar-refractivity contribution in [1.82, 2.24) is 0 Å². The van der Waals surface area contributed by atoms with Crippen molar-refractivity contribution in [3.8, 4) is 17.2 Å². The van der Waals surface area contributed by atoms with Crippen molar-refractivity contribution in [1.29, 1.82) is 0 Å². The Balaban J connectivity index is 3.19. The molecule has 0 saturated carbocycles. The summed E-state index contributed by atoms with van der Waals surface area (Å²) < 4.78 is 15.7. The highest BCUT2D eigenvalue weighted by molar-refractivity contribution is 5.88. The van der Waals surface area contributed by atoms with Crippen molar-refractivity contribution in [2.45, 2.75) is 6.92 Å². The summed E-state index contributed by atoms with van der Waals surface area (Å²) in [5.41, 5.74) is 0.689. The van der Waals surface area contributed by atoms with Gasteiger partial charge in [-0.25, -0.2) is 0 Å². The number of carbonyl (C=O) groups excluding carboxylic acids is 1. The standard InChI is InChI=1S/C15H18O5/c1-10(16)9-12(17)7-5-11-6-8-13(18-2)15(20-4)14(11)19-3/h5-9,17H,1-4H3/b7-5+,12-9-. The molecule has 0 spiro atoms. The Morgan fingerprint density at radius 1 is 1.10 bits per heavy atom. The summed E-state index contributed by atoms with van der Waals surface area (Å²) in [6.45, 7) is 1.36. The summed E-state index contributed by atoms with van der Waals surface area (Å²) in [6, 6.07) is 3.49. The molecule has 0 aliphatic heterocycles. The summed E-state index contributed by atoms with van der Waals surface area (Å²) in [4.78, 5) is 10.8. The molecule has 1 rings (SSSR count). The summed E-state index contributed by atoms with van der Waals surface area (Å²) in [6.07, 6.45) is 4.16. The number of rotatable bonds is 6. The normalized spacial score (nSPS) is 11.5. The molecule has 1 N–H and O–H groups in total. The van der Waals surface area contributed by atoms with Crippen molar-refractivity contribution >= 4 is 11.9 Å². The van der Waals surface area contributed by atoms with Crippen molar-refractivity contribution in [3.63, 3.8) is 0 Å². The lowest BCUT2D eigenvalue weighted by Gasteiger charge is -2.13. The molecule has 0 unspecified atom stereocenters. The maximum atomic E-state index is 10.8. The number of allylic oxidation sites excluding steroid dienone is 2. The summed E-state index contributed by atoms with van der Waals surface area (Å²) >= 11 is 0. The van der Waals surface area contributed by atoms with Gasteiger partial charge < -0.3 is 19.3 Å². The Hall–Kier alpha value is -2.43. The summed E-state index contributed by atoms with van der Waals surface area (Å²) in [5.74, 6) is 1.14. The van der Waals surface area contributed by atoms with E-state index in [9.17, 15) is 9.90 Å². The number of ether oxygens (including phenoxy) is 3. The molecule has 0 amide bonds. The average Bonchev–Trinajstić information content (AvgIpc) is 2.42. The van der Waals surface area contributed by atoms with Crippen LogP contribution in [0, 0.1) is 0 Å². The molecule has 20 heavy (non-hydrogen) atoms. The minimum absolute atomic E-state index is 0.130. The maximum absolute atomic E-state index is 10.8. The Kier molecular flexibility index (Phi) is 5.65. The van der Waals surface area contributed by atoms with Crippen LogP contribution in [-0.2, 0) is 4.79 Å². The first kappa shape index (κ1) is 15.6. The molecule has 0 aromatic heterocycles. The lowest BCUT2D eigenvalue weighted by Crippen LogP contribution is -1.96. The molecule has 108 valence electrons. The van der Waals surface area contributed by atoms with Crippen molar-refractivity contribution in [2.24, 2.45) is 0 Å². The van der Waals surface area contributed by atoms with Crippen LogP contribution < -0.4 is 14.2 Å². The number of hydrogen-bond acceptors (Lipinski definition) is 5. The highest BCUT2D eigenvalue weighted by Crippen LogP contribution is 2.40. The maximum Gasteiger partial charge on any atom is 0.203 e. The van der Waals surface area contributed by atoms with Crippen LogP contribution in [0.5, 0.6) is 17.2 Å². The van der Waals surface area contributed by atoms with Gasteiger partial charge in [0.2, 0.25) is 5.75 Å². The largest absolute Gasteiger partial charge is 0.508 e. The molecule has 0 aliphatic rings. The van der Waals surface area contributed by atoms with Gasteiger partial charge in [0.15, 0.2) is 17.3 Å². The first-order valence-corrected chi connectivity index (χ1v) is 5.91. The van der Waals surface area contributed by atoms with E-state index in [4.69, 9.17) is 14.2 Å². The lowest BCUT2D eigenvalue weighted by atomic mass is 10.1. The highest BCUT2D eigenvalue weighted by Gasteiger charge is 2.14. The minimum Gasteiger partial charge on any atom is -0.508 e. The minimum atomic E-state index is -0.230.